The van der Waals surface area contributed by atoms with Gasteiger partial charge in [0.05, 0.1) is 18.2 Å². The Kier molecular flexibility index (Phi) is 4.76. The fraction of sp³-hybridized carbons (Fsp3) is 0.529. The number of Topliss-reactive ketones (excluding diaryl/α,β-unsaturated/α-hetero) is 1. The van der Waals surface area contributed by atoms with Crippen molar-refractivity contribution in [3.63, 3.8) is 0 Å². The molecule has 2 rings (SSSR count). The summed E-state index contributed by atoms with van der Waals surface area (Å²) < 4.78 is 0. The molecule has 1 aromatic carbocycles. The second-order valence-corrected chi connectivity index (χ2v) is 6.55. The molecule has 112 valence electrons. The van der Waals surface area contributed by atoms with E-state index in [9.17, 15) is 4.79 Å². The molecule has 0 bridgehead atoms. The predicted octanol–water partition coefficient (Wildman–Crippen LogP) is 2.16. The first-order valence-electron chi connectivity index (χ1n) is 7.41. The van der Waals surface area contributed by atoms with Crippen LogP contribution in [-0.2, 0) is 0 Å². The highest BCUT2D eigenvalue weighted by atomic mass is 16.1. The van der Waals surface area contributed by atoms with Crippen LogP contribution in [0.25, 0.3) is 0 Å². The van der Waals surface area contributed by atoms with Crippen LogP contribution < -0.4 is 0 Å². The molecule has 0 saturated carbocycles. The Morgan fingerprint density at radius 1 is 1.14 bits per heavy atom. The molecule has 1 aromatic rings. The molecular formula is C17H23N3O. The van der Waals surface area contributed by atoms with E-state index in [-0.39, 0.29) is 11.3 Å². The molecule has 1 aliphatic heterocycles. The summed E-state index contributed by atoms with van der Waals surface area (Å²) in [7, 11) is 0. The topological polar surface area (TPSA) is 47.3 Å². The van der Waals surface area contributed by atoms with Crippen LogP contribution in [0.3, 0.4) is 0 Å². The fourth-order valence-electron chi connectivity index (χ4n) is 2.60. The lowest BCUT2D eigenvalue weighted by Crippen LogP contribution is -2.54. The van der Waals surface area contributed by atoms with E-state index < -0.39 is 0 Å². The van der Waals surface area contributed by atoms with Crippen molar-refractivity contribution in [1.29, 1.82) is 5.26 Å². The Balaban J connectivity index is 1.88. The van der Waals surface area contributed by atoms with Crippen LogP contribution >= 0.6 is 0 Å². The normalized spacial score (nSPS) is 17.4. The number of rotatable bonds is 3. The molecule has 0 spiro atoms. The largest absolute Gasteiger partial charge is 0.296 e. The van der Waals surface area contributed by atoms with Gasteiger partial charge in [-0.25, -0.2) is 0 Å². The number of ketones is 1. The maximum absolute atomic E-state index is 12.3. The molecule has 1 fully saturated rings. The highest BCUT2D eigenvalue weighted by Crippen LogP contribution is 2.16. The van der Waals surface area contributed by atoms with Crippen LogP contribution in [0.2, 0.25) is 0 Å². The SMILES string of the molecule is CC(C)(C)N1CCN(CC(=O)c2ccc(C#N)cc2)CC1. The highest BCUT2D eigenvalue weighted by Gasteiger charge is 2.26. The van der Waals surface area contributed by atoms with Gasteiger partial charge in [-0.1, -0.05) is 12.1 Å². The van der Waals surface area contributed by atoms with Crippen LogP contribution in [0.15, 0.2) is 24.3 Å². The monoisotopic (exact) mass is 285 g/mol. The molecule has 0 unspecified atom stereocenters. The van der Waals surface area contributed by atoms with Gasteiger partial charge < -0.3 is 0 Å². The highest BCUT2D eigenvalue weighted by molar-refractivity contribution is 5.97. The first-order valence-corrected chi connectivity index (χ1v) is 7.41. The summed E-state index contributed by atoms with van der Waals surface area (Å²) in [5.74, 6) is 0.128. The maximum Gasteiger partial charge on any atom is 0.176 e. The number of benzene rings is 1. The third-order valence-corrected chi connectivity index (χ3v) is 4.02. The Bertz CT molecular complexity index is 529. The van der Waals surface area contributed by atoms with Crippen LogP contribution in [0, 0.1) is 11.3 Å². The first-order chi connectivity index (χ1) is 9.90. The third-order valence-electron chi connectivity index (χ3n) is 4.02. The van der Waals surface area contributed by atoms with Crippen LogP contribution in [-0.4, -0.2) is 53.8 Å². The summed E-state index contributed by atoms with van der Waals surface area (Å²) in [6.07, 6.45) is 0. The molecule has 0 radical (unpaired) electrons. The van der Waals surface area contributed by atoms with Crippen molar-refractivity contribution in [2.24, 2.45) is 0 Å². The standard InChI is InChI=1S/C17H23N3O/c1-17(2,3)20-10-8-19(9-11-20)13-16(21)15-6-4-14(12-18)5-7-15/h4-7H,8-11,13H2,1-3H3. The minimum absolute atomic E-state index is 0.128. The molecule has 0 aliphatic carbocycles. The van der Waals surface area contributed by atoms with Crippen molar-refractivity contribution in [3.05, 3.63) is 35.4 Å². The summed E-state index contributed by atoms with van der Waals surface area (Å²) in [6, 6.07) is 8.95. The lowest BCUT2D eigenvalue weighted by Gasteiger charge is -2.42. The molecule has 0 atom stereocenters. The third kappa shape index (κ3) is 4.13. The average Bonchev–Trinajstić information content (AvgIpc) is 2.47. The van der Waals surface area contributed by atoms with E-state index in [4.69, 9.17) is 5.26 Å². The number of hydrogen-bond donors (Lipinski definition) is 0. The molecule has 1 aliphatic rings. The number of piperazine rings is 1. The van der Waals surface area contributed by atoms with Crippen LogP contribution in [0.5, 0.6) is 0 Å². The van der Waals surface area contributed by atoms with Gasteiger partial charge in [-0.05, 0) is 32.9 Å². The van der Waals surface area contributed by atoms with Gasteiger partial charge in [-0.15, -0.1) is 0 Å². The zero-order valence-electron chi connectivity index (χ0n) is 13.1. The Morgan fingerprint density at radius 2 is 1.71 bits per heavy atom. The van der Waals surface area contributed by atoms with E-state index in [0.29, 0.717) is 17.7 Å². The van der Waals surface area contributed by atoms with Gasteiger partial charge in [0.1, 0.15) is 0 Å². The van der Waals surface area contributed by atoms with E-state index in [1.807, 2.05) is 0 Å². The summed E-state index contributed by atoms with van der Waals surface area (Å²) in [6.45, 7) is 11.0. The second kappa shape index (κ2) is 6.38. The quantitative estimate of drug-likeness (QED) is 0.799. The predicted molar refractivity (Wildman–Crippen MR) is 83.3 cm³/mol. The van der Waals surface area contributed by atoms with Gasteiger partial charge in [0.2, 0.25) is 0 Å². The smallest absolute Gasteiger partial charge is 0.176 e. The Hall–Kier alpha value is -1.70. The lowest BCUT2D eigenvalue weighted by atomic mass is 10.0. The van der Waals surface area contributed by atoms with E-state index in [0.717, 1.165) is 26.2 Å². The summed E-state index contributed by atoms with van der Waals surface area (Å²) in [5.41, 5.74) is 1.47. The summed E-state index contributed by atoms with van der Waals surface area (Å²) in [4.78, 5) is 16.9. The zero-order valence-corrected chi connectivity index (χ0v) is 13.1. The molecule has 4 nitrogen and oxygen atoms in total. The van der Waals surface area contributed by atoms with Gasteiger partial charge >= 0.3 is 0 Å². The number of nitrogens with zero attached hydrogens (tertiary/aromatic N) is 3. The summed E-state index contributed by atoms with van der Waals surface area (Å²) in [5, 5.41) is 8.77. The number of hydrogen-bond acceptors (Lipinski definition) is 4. The fourth-order valence-corrected chi connectivity index (χ4v) is 2.60. The molecular weight excluding hydrogens is 262 g/mol. The second-order valence-electron chi connectivity index (χ2n) is 6.55. The molecule has 21 heavy (non-hydrogen) atoms. The molecule has 0 N–H and O–H groups in total. The number of carbonyl (C=O) groups excluding carboxylic acids is 1. The minimum Gasteiger partial charge on any atom is -0.296 e. The Labute approximate surface area is 127 Å². The van der Waals surface area contributed by atoms with Crippen molar-refractivity contribution in [1.82, 2.24) is 9.80 Å². The zero-order chi connectivity index (χ0) is 15.5. The van der Waals surface area contributed by atoms with E-state index in [2.05, 4.69) is 36.6 Å². The van der Waals surface area contributed by atoms with Crippen LogP contribution in [0.1, 0.15) is 36.7 Å². The van der Waals surface area contributed by atoms with Crippen molar-refractivity contribution in [2.75, 3.05) is 32.7 Å². The van der Waals surface area contributed by atoms with Gasteiger partial charge in [-0.2, -0.15) is 5.26 Å². The average molecular weight is 285 g/mol. The van der Waals surface area contributed by atoms with Gasteiger partial charge in [-0.3, -0.25) is 14.6 Å². The summed E-state index contributed by atoms with van der Waals surface area (Å²) >= 11 is 0. The van der Waals surface area contributed by atoms with E-state index in [1.165, 1.54) is 0 Å². The van der Waals surface area contributed by atoms with Gasteiger partial charge in [0.25, 0.3) is 0 Å². The van der Waals surface area contributed by atoms with Crippen LogP contribution in [0.4, 0.5) is 0 Å². The minimum atomic E-state index is 0.128. The lowest BCUT2D eigenvalue weighted by molar-refractivity contribution is 0.0579. The molecule has 1 heterocycles. The van der Waals surface area contributed by atoms with Gasteiger partial charge in [0, 0.05) is 37.3 Å². The van der Waals surface area contributed by atoms with Gasteiger partial charge in [0.15, 0.2) is 5.78 Å². The van der Waals surface area contributed by atoms with E-state index >= 15 is 0 Å². The first kappa shape index (κ1) is 15.7. The molecule has 4 heteroatoms. The number of carbonyl (C=O) groups is 1. The molecule has 0 aromatic heterocycles. The molecule has 0 amide bonds. The number of nitriles is 1. The van der Waals surface area contributed by atoms with Crippen molar-refractivity contribution < 1.29 is 4.79 Å². The van der Waals surface area contributed by atoms with Crippen molar-refractivity contribution >= 4 is 5.78 Å². The molecule has 1 saturated heterocycles. The Morgan fingerprint density at radius 3 is 2.19 bits per heavy atom. The van der Waals surface area contributed by atoms with E-state index in [1.54, 1.807) is 24.3 Å². The van der Waals surface area contributed by atoms with Crippen molar-refractivity contribution in [3.8, 4) is 6.07 Å². The maximum atomic E-state index is 12.3. The van der Waals surface area contributed by atoms with Crippen molar-refractivity contribution in [2.45, 2.75) is 26.3 Å².